The Morgan fingerprint density at radius 2 is 1.71 bits per heavy atom. The molecule has 150 valence electrons. The van der Waals surface area contributed by atoms with Gasteiger partial charge in [0.15, 0.2) is 0 Å². The number of halogens is 3. The van der Waals surface area contributed by atoms with Gasteiger partial charge in [0, 0.05) is 30.8 Å². The lowest BCUT2D eigenvalue weighted by molar-refractivity contribution is -0.135. The normalized spacial score (nSPS) is 12.5. The molecule has 0 spiro atoms. The van der Waals surface area contributed by atoms with Crippen LogP contribution in [0.3, 0.4) is 0 Å². The largest absolute Gasteiger partial charge is 0.389 e. The number of alkyl halides is 3. The van der Waals surface area contributed by atoms with E-state index in [0.717, 1.165) is 16.4 Å². The molecule has 2 aromatic heterocycles. The summed E-state index contributed by atoms with van der Waals surface area (Å²) in [6, 6.07) is 8.56. The van der Waals surface area contributed by atoms with E-state index in [9.17, 15) is 18.4 Å². The van der Waals surface area contributed by atoms with Crippen molar-refractivity contribution in [1.82, 2.24) is 14.5 Å². The van der Waals surface area contributed by atoms with Gasteiger partial charge in [-0.2, -0.15) is 13.2 Å². The van der Waals surface area contributed by atoms with Crippen LogP contribution in [0.5, 0.6) is 0 Å². The van der Waals surface area contributed by atoms with Gasteiger partial charge in [-0.3, -0.25) is 10.2 Å². The minimum atomic E-state index is -4.17. The molecule has 0 atom stereocenters. The first-order valence-corrected chi connectivity index (χ1v) is 9.03. The summed E-state index contributed by atoms with van der Waals surface area (Å²) in [7, 11) is 0. The summed E-state index contributed by atoms with van der Waals surface area (Å²) in [4.78, 5) is 8.59. The molecule has 0 amide bonds. The van der Waals surface area contributed by atoms with E-state index in [1.165, 1.54) is 0 Å². The van der Waals surface area contributed by atoms with Gasteiger partial charge in [0.1, 0.15) is 5.82 Å². The average molecular weight is 392 g/mol. The van der Waals surface area contributed by atoms with Crippen molar-refractivity contribution in [3.8, 4) is 0 Å². The van der Waals surface area contributed by atoms with Crippen molar-refractivity contribution in [1.29, 1.82) is 0 Å². The summed E-state index contributed by atoms with van der Waals surface area (Å²) < 4.78 is 39.6. The summed E-state index contributed by atoms with van der Waals surface area (Å²) in [6.07, 6.45) is -1.87. The van der Waals surface area contributed by atoms with Gasteiger partial charge in [-0.25, -0.2) is 10.0 Å². The molecule has 0 bridgehead atoms. The molecule has 1 aromatic carbocycles. The molecule has 3 rings (SSSR count). The van der Waals surface area contributed by atoms with E-state index in [-0.39, 0.29) is 18.4 Å². The van der Waals surface area contributed by atoms with Crippen LogP contribution in [0.2, 0.25) is 0 Å². The molecule has 0 radical (unpaired) electrons. The molecule has 0 aliphatic rings. The maximum absolute atomic E-state index is 12.6. The molecule has 0 saturated carbocycles. The van der Waals surface area contributed by atoms with Gasteiger partial charge in [-0.05, 0) is 36.8 Å². The lowest BCUT2D eigenvalue weighted by atomic mass is 9.95. The highest BCUT2D eigenvalue weighted by Crippen LogP contribution is 2.31. The Hall–Kier alpha value is -2.61. The summed E-state index contributed by atoms with van der Waals surface area (Å²) in [5.74, 6) is 0.718. The van der Waals surface area contributed by atoms with Crippen LogP contribution in [0.1, 0.15) is 39.4 Å². The van der Waals surface area contributed by atoms with E-state index >= 15 is 0 Å². The number of aryl methyl sites for hydroxylation is 1. The van der Waals surface area contributed by atoms with Crippen molar-refractivity contribution in [2.75, 3.05) is 5.06 Å². The number of nitrogens with zero attached hydrogens (tertiary/aromatic N) is 4. The fraction of sp³-hybridized carbons (Fsp3) is 0.400. The molecule has 5 nitrogen and oxygen atoms in total. The maximum atomic E-state index is 12.6. The molecule has 3 aromatic rings. The number of benzene rings is 1. The second-order valence-corrected chi connectivity index (χ2v) is 7.75. The highest BCUT2D eigenvalue weighted by atomic mass is 19.4. The van der Waals surface area contributed by atoms with Gasteiger partial charge >= 0.3 is 6.18 Å². The molecule has 0 fully saturated rings. The third-order valence-electron chi connectivity index (χ3n) is 4.40. The van der Waals surface area contributed by atoms with E-state index < -0.39 is 12.6 Å². The Balaban J connectivity index is 1.98. The van der Waals surface area contributed by atoms with Gasteiger partial charge in [0.05, 0.1) is 22.4 Å². The zero-order chi connectivity index (χ0) is 20.5. The number of pyridine rings is 1. The number of hydrogen-bond acceptors (Lipinski definition) is 4. The highest BCUT2D eigenvalue weighted by Gasteiger charge is 2.28. The zero-order valence-electron chi connectivity index (χ0n) is 16.0. The van der Waals surface area contributed by atoms with Crippen molar-refractivity contribution in [2.24, 2.45) is 0 Å². The second-order valence-electron chi connectivity index (χ2n) is 7.75. The van der Waals surface area contributed by atoms with Gasteiger partial charge in [-0.15, -0.1) is 0 Å². The van der Waals surface area contributed by atoms with Crippen molar-refractivity contribution >= 4 is 22.4 Å². The lowest BCUT2D eigenvalue weighted by Crippen LogP contribution is -2.20. The van der Waals surface area contributed by atoms with Crippen LogP contribution in [-0.4, -0.2) is 25.9 Å². The summed E-state index contributed by atoms with van der Waals surface area (Å²) in [5.41, 5.74) is 2.11. The molecule has 28 heavy (non-hydrogen) atoms. The van der Waals surface area contributed by atoms with Crippen LogP contribution in [0.4, 0.5) is 24.5 Å². The van der Waals surface area contributed by atoms with Crippen molar-refractivity contribution < 1.29 is 18.4 Å². The molecule has 0 unspecified atom stereocenters. The van der Waals surface area contributed by atoms with E-state index in [0.29, 0.717) is 16.9 Å². The van der Waals surface area contributed by atoms with Crippen LogP contribution in [0, 0.1) is 0 Å². The number of imidazole rings is 1. The van der Waals surface area contributed by atoms with Crippen LogP contribution in [0.15, 0.2) is 42.7 Å². The lowest BCUT2D eigenvalue weighted by Gasteiger charge is -2.20. The molecule has 0 aliphatic heterocycles. The quantitative estimate of drug-likeness (QED) is 0.575. The number of fused-ring (bicyclic) bond motifs is 1. The van der Waals surface area contributed by atoms with E-state index in [1.807, 2.05) is 25.3 Å². The number of aromatic nitrogens is 3. The van der Waals surface area contributed by atoms with Crippen LogP contribution in [-0.2, 0) is 12.0 Å². The molecule has 0 saturated heterocycles. The predicted octanol–water partition coefficient (Wildman–Crippen LogP) is 5.60. The van der Waals surface area contributed by atoms with Gasteiger partial charge < -0.3 is 4.57 Å². The van der Waals surface area contributed by atoms with Crippen LogP contribution < -0.4 is 5.06 Å². The molecule has 8 heteroatoms. The fourth-order valence-electron chi connectivity index (χ4n) is 3.12. The minimum absolute atomic E-state index is 0.0110. The molecular weight excluding hydrogens is 369 g/mol. The third kappa shape index (κ3) is 4.44. The fourth-order valence-corrected chi connectivity index (χ4v) is 3.12. The zero-order valence-corrected chi connectivity index (χ0v) is 16.0. The maximum Gasteiger partial charge on any atom is 0.389 e. The monoisotopic (exact) mass is 392 g/mol. The molecule has 0 aliphatic carbocycles. The van der Waals surface area contributed by atoms with Crippen molar-refractivity contribution in [3.63, 3.8) is 0 Å². The Labute approximate surface area is 161 Å². The van der Waals surface area contributed by atoms with E-state index in [2.05, 4.69) is 9.97 Å². The SMILES string of the molecule is CC(C)(C)c1nc2cc(N(O)c3ccncc3)ccc2n1CCCC(F)(F)F. The minimum Gasteiger partial charge on any atom is -0.328 e. The first-order chi connectivity index (χ1) is 13.1. The first-order valence-electron chi connectivity index (χ1n) is 9.03. The summed E-state index contributed by atoms with van der Waals surface area (Å²) in [6.45, 7) is 6.16. The molecule has 1 N–H and O–H groups in total. The summed E-state index contributed by atoms with van der Waals surface area (Å²) >= 11 is 0. The Kier molecular flexibility index (Phi) is 5.34. The highest BCUT2D eigenvalue weighted by molar-refractivity contribution is 5.81. The van der Waals surface area contributed by atoms with Gasteiger partial charge in [0.2, 0.25) is 0 Å². The van der Waals surface area contributed by atoms with Crippen LogP contribution in [0.25, 0.3) is 11.0 Å². The standard InChI is InChI=1S/C20H23F3N4O/c1-19(2,3)18-25-16-13-15(27(28)14-7-10-24-11-8-14)5-6-17(16)26(18)12-4-9-20(21,22)23/h5-8,10-11,13,28H,4,9,12H2,1-3H3. The van der Waals surface area contributed by atoms with Crippen molar-refractivity contribution in [2.45, 2.75) is 51.7 Å². The predicted molar refractivity (Wildman–Crippen MR) is 102 cm³/mol. The first kappa shape index (κ1) is 20.1. The third-order valence-corrected chi connectivity index (χ3v) is 4.40. The molecular formula is C20H23F3N4O. The Morgan fingerprint density at radius 3 is 2.32 bits per heavy atom. The van der Waals surface area contributed by atoms with Gasteiger partial charge in [-0.1, -0.05) is 20.8 Å². The smallest absolute Gasteiger partial charge is 0.328 e. The number of rotatable bonds is 5. The van der Waals surface area contributed by atoms with Gasteiger partial charge in [0.25, 0.3) is 0 Å². The van der Waals surface area contributed by atoms with Crippen molar-refractivity contribution in [3.05, 3.63) is 48.5 Å². The Morgan fingerprint density at radius 1 is 1.04 bits per heavy atom. The molecule has 2 heterocycles. The average Bonchev–Trinajstić information content (AvgIpc) is 2.99. The van der Waals surface area contributed by atoms with Crippen LogP contribution >= 0.6 is 0 Å². The second kappa shape index (κ2) is 7.43. The van der Waals surface area contributed by atoms with E-state index in [4.69, 9.17) is 0 Å². The number of anilines is 2. The Bertz CT molecular complexity index is 946. The number of hydrogen-bond donors (Lipinski definition) is 1. The van der Waals surface area contributed by atoms with E-state index in [1.54, 1.807) is 42.7 Å². The summed E-state index contributed by atoms with van der Waals surface area (Å²) in [5, 5.41) is 11.5. The topological polar surface area (TPSA) is 54.2 Å².